The summed E-state index contributed by atoms with van der Waals surface area (Å²) in [5, 5.41) is 10.2. The Morgan fingerprint density at radius 1 is 0.400 bits per heavy atom. The van der Waals surface area contributed by atoms with E-state index in [9.17, 15) is 0 Å². The predicted molar refractivity (Wildman–Crippen MR) is 215 cm³/mol. The van der Waals surface area contributed by atoms with Crippen molar-refractivity contribution in [1.29, 1.82) is 0 Å². The zero-order valence-electron chi connectivity index (χ0n) is 27.4. The van der Waals surface area contributed by atoms with Crippen molar-refractivity contribution in [3.63, 3.8) is 0 Å². The summed E-state index contributed by atoms with van der Waals surface area (Å²) in [4.78, 5) is 2.24. The quantitative estimate of drug-likeness (QED) is 0.175. The number of fused-ring (bicyclic) bond motifs is 10. The number of para-hydroxylation sites is 2. The SMILES string of the molecule is C=C1/C=C\C=C/N(c2ccccc2)c2ccc(-c3ccc4c(c3)c3ccccc3n4-c3ccc4c5ccccc5c5ccccc5c4c3)cc21. The smallest absolute Gasteiger partial charge is 0.0541 e. The average Bonchev–Trinajstić information content (AvgIpc) is 3.51. The summed E-state index contributed by atoms with van der Waals surface area (Å²) < 4.78 is 2.43. The Bertz CT molecular complexity index is 2850. The number of hydrogen-bond acceptors (Lipinski definition) is 1. The van der Waals surface area contributed by atoms with Crippen LogP contribution in [-0.2, 0) is 0 Å². The lowest BCUT2D eigenvalue weighted by Crippen LogP contribution is -2.11. The molecule has 9 aromatic rings. The van der Waals surface area contributed by atoms with Crippen LogP contribution in [0.3, 0.4) is 0 Å². The van der Waals surface area contributed by atoms with Crippen LogP contribution in [-0.4, -0.2) is 4.57 Å². The largest absolute Gasteiger partial charge is 0.317 e. The molecular weight excluding hydrogens is 605 g/mol. The van der Waals surface area contributed by atoms with Crippen LogP contribution in [0, 0.1) is 0 Å². The maximum atomic E-state index is 4.45. The highest BCUT2D eigenvalue weighted by Crippen LogP contribution is 2.41. The molecule has 1 aliphatic heterocycles. The standard InChI is InChI=1S/C48H32N2/c1-32-13-11-12-28-49(35-14-3-2-4-15-35)46-26-22-33(29-43(32)46)34-23-27-48-45(30-34)42-20-9-10-21-47(42)50(48)36-24-25-41-39-18-6-5-16-37(39)38-17-7-8-19-40(38)44(41)31-36/h2-31H,1H2/b13-11-,28-12-. The van der Waals surface area contributed by atoms with Gasteiger partial charge in [0.1, 0.15) is 0 Å². The lowest BCUT2D eigenvalue weighted by Gasteiger charge is -2.25. The summed E-state index contributed by atoms with van der Waals surface area (Å²) in [6, 6.07) is 57.5. The fraction of sp³-hybridized carbons (Fsp3) is 0. The lowest BCUT2D eigenvalue weighted by atomic mass is 9.94. The van der Waals surface area contributed by atoms with Gasteiger partial charge in [0, 0.05) is 33.9 Å². The second-order valence-electron chi connectivity index (χ2n) is 13.1. The van der Waals surface area contributed by atoms with Crippen LogP contribution in [0.5, 0.6) is 0 Å². The molecule has 0 aliphatic carbocycles. The van der Waals surface area contributed by atoms with Gasteiger partial charge in [0.05, 0.1) is 16.7 Å². The van der Waals surface area contributed by atoms with Crippen molar-refractivity contribution in [2.75, 3.05) is 4.90 Å². The van der Waals surface area contributed by atoms with E-state index in [-0.39, 0.29) is 0 Å². The molecule has 0 bridgehead atoms. The molecule has 2 nitrogen and oxygen atoms in total. The number of allylic oxidation sites excluding steroid dienone is 4. The molecular formula is C48H32N2. The Balaban J connectivity index is 1.15. The summed E-state index contributed by atoms with van der Waals surface area (Å²) in [5.74, 6) is 0. The van der Waals surface area contributed by atoms with Crippen LogP contribution >= 0.6 is 0 Å². The second-order valence-corrected chi connectivity index (χ2v) is 13.1. The molecule has 0 spiro atoms. The first kappa shape index (κ1) is 28.4. The van der Waals surface area contributed by atoms with E-state index in [1.54, 1.807) is 0 Å². The van der Waals surface area contributed by atoms with Crippen LogP contribution < -0.4 is 4.90 Å². The molecule has 0 amide bonds. The van der Waals surface area contributed by atoms with Gasteiger partial charge in [0.15, 0.2) is 0 Å². The molecule has 50 heavy (non-hydrogen) atoms. The molecule has 0 unspecified atom stereocenters. The molecule has 1 aliphatic rings. The van der Waals surface area contributed by atoms with Gasteiger partial charge in [-0.15, -0.1) is 0 Å². The fourth-order valence-electron chi connectivity index (χ4n) is 7.94. The van der Waals surface area contributed by atoms with Gasteiger partial charge in [-0.3, -0.25) is 0 Å². The Hall–Kier alpha value is -6.64. The van der Waals surface area contributed by atoms with Crippen LogP contribution in [0.1, 0.15) is 5.56 Å². The highest BCUT2D eigenvalue weighted by atomic mass is 15.1. The Kier molecular flexibility index (Phi) is 6.37. The fourth-order valence-corrected chi connectivity index (χ4v) is 7.94. The summed E-state index contributed by atoms with van der Waals surface area (Å²) in [5.41, 5.74) is 10.2. The van der Waals surface area contributed by atoms with E-state index >= 15 is 0 Å². The van der Waals surface area contributed by atoms with Gasteiger partial charge in [-0.2, -0.15) is 0 Å². The van der Waals surface area contributed by atoms with Crippen LogP contribution in [0.4, 0.5) is 11.4 Å². The van der Waals surface area contributed by atoms with Gasteiger partial charge in [0.2, 0.25) is 0 Å². The second kappa shape index (κ2) is 11.2. The molecule has 0 saturated heterocycles. The Morgan fingerprint density at radius 2 is 1.00 bits per heavy atom. The summed E-state index contributed by atoms with van der Waals surface area (Å²) >= 11 is 0. The molecule has 0 saturated carbocycles. The third-order valence-electron chi connectivity index (χ3n) is 10.3. The van der Waals surface area contributed by atoms with Gasteiger partial charge in [-0.25, -0.2) is 0 Å². The molecule has 1 aromatic heterocycles. The summed E-state index contributed by atoms with van der Waals surface area (Å²) in [6.45, 7) is 4.45. The third-order valence-corrected chi connectivity index (χ3v) is 10.3. The van der Waals surface area contributed by atoms with E-state index in [0.29, 0.717) is 0 Å². The van der Waals surface area contributed by atoms with Crippen molar-refractivity contribution in [2.45, 2.75) is 0 Å². The van der Waals surface area contributed by atoms with Crippen LogP contribution in [0.2, 0.25) is 0 Å². The van der Waals surface area contributed by atoms with Gasteiger partial charge >= 0.3 is 0 Å². The van der Waals surface area contributed by atoms with E-state index in [4.69, 9.17) is 0 Å². The van der Waals surface area contributed by atoms with E-state index in [2.05, 4.69) is 198 Å². The van der Waals surface area contributed by atoms with Crippen molar-refractivity contribution < 1.29 is 0 Å². The molecule has 234 valence electrons. The zero-order chi connectivity index (χ0) is 33.2. The minimum atomic E-state index is 0.987. The van der Waals surface area contributed by atoms with Gasteiger partial charge in [-0.05, 0) is 110 Å². The molecule has 8 aromatic carbocycles. The maximum absolute atomic E-state index is 4.45. The van der Waals surface area contributed by atoms with Gasteiger partial charge in [0.25, 0.3) is 0 Å². The van der Waals surface area contributed by atoms with Crippen molar-refractivity contribution in [3.8, 4) is 16.8 Å². The van der Waals surface area contributed by atoms with Crippen molar-refractivity contribution in [1.82, 2.24) is 4.57 Å². The zero-order valence-corrected chi connectivity index (χ0v) is 27.4. The molecule has 2 heteroatoms. The highest BCUT2D eigenvalue weighted by molar-refractivity contribution is 6.25. The molecule has 0 N–H and O–H groups in total. The van der Waals surface area contributed by atoms with Crippen LogP contribution in [0.25, 0.3) is 76.5 Å². The number of anilines is 2. The van der Waals surface area contributed by atoms with E-state index in [0.717, 1.165) is 28.2 Å². The van der Waals surface area contributed by atoms with Gasteiger partial charge < -0.3 is 9.47 Å². The van der Waals surface area contributed by atoms with Crippen molar-refractivity contribution in [2.24, 2.45) is 0 Å². The van der Waals surface area contributed by atoms with Crippen molar-refractivity contribution >= 4 is 71.1 Å². The number of aromatic nitrogens is 1. The first-order valence-electron chi connectivity index (χ1n) is 17.1. The Morgan fingerprint density at radius 3 is 1.76 bits per heavy atom. The van der Waals surface area contributed by atoms with Crippen molar-refractivity contribution in [3.05, 3.63) is 194 Å². The normalized spacial score (nSPS) is 14.3. The molecule has 2 heterocycles. The number of rotatable bonds is 3. The topological polar surface area (TPSA) is 8.17 Å². The predicted octanol–water partition coefficient (Wildman–Crippen LogP) is 13.1. The molecule has 10 rings (SSSR count). The number of nitrogens with zero attached hydrogens (tertiary/aromatic N) is 2. The molecule has 0 atom stereocenters. The summed E-state index contributed by atoms with van der Waals surface area (Å²) in [6.07, 6.45) is 8.34. The monoisotopic (exact) mass is 636 g/mol. The van der Waals surface area contributed by atoms with E-state index in [1.807, 2.05) is 0 Å². The lowest BCUT2D eigenvalue weighted by molar-refractivity contribution is 1.19. The molecule has 0 fully saturated rings. The maximum Gasteiger partial charge on any atom is 0.0541 e. The number of hydrogen-bond donors (Lipinski definition) is 0. The van der Waals surface area contributed by atoms with Gasteiger partial charge in [-0.1, -0.05) is 122 Å². The van der Waals surface area contributed by atoms with E-state index in [1.165, 1.54) is 65.3 Å². The third kappa shape index (κ3) is 4.36. The molecule has 0 radical (unpaired) electrons. The summed E-state index contributed by atoms with van der Waals surface area (Å²) in [7, 11) is 0. The van der Waals surface area contributed by atoms with Crippen LogP contribution in [0.15, 0.2) is 189 Å². The highest BCUT2D eigenvalue weighted by Gasteiger charge is 2.18. The average molecular weight is 637 g/mol. The first-order valence-corrected chi connectivity index (χ1v) is 17.1. The minimum Gasteiger partial charge on any atom is -0.317 e. The minimum absolute atomic E-state index is 0.987. The first-order chi connectivity index (χ1) is 24.7. The Labute approximate surface area is 290 Å². The number of benzene rings is 8. The van der Waals surface area contributed by atoms with E-state index < -0.39 is 0 Å².